The van der Waals surface area contributed by atoms with Crippen LogP contribution in [0.15, 0.2) is 23.1 Å². The molecule has 0 bridgehead atoms. The van der Waals surface area contributed by atoms with Crippen LogP contribution >= 0.6 is 0 Å². The van der Waals surface area contributed by atoms with Gasteiger partial charge in [-0.25, -0.2) is 13.1 Å². The molecular formula is C12H19N3O4S2. The molecule has 1 aromatic rings. The van der Waals surface area contributed by atoms with Gasteiger partial charge in [-0.2, -0.15) is 0 Å². The standard InChI is InChI=1S/C12H19N3O4S2/c1-8(20(2)17)5-6-15-21(18,19)11-4-3-9(12(14)16)7-10(11)13/h3-4,7-8,15H,5-6,13H2,1-2H3,(H2,14,16). The van der Waals surface area contributed by atoms with Crippen LogP contribution in [-0.4, -0.2) is 36.6 Å². The van der Waals surface area contributed by atoms with Crippen molar-refractivity contribution in [1.29, 1.82) is 0 Å². The minimum Gasteiger partial charge on any atom is -0.398 e. The zero-order valence-electron chi connectivity index (χ0n) is 11.8. The molecule has 0 saturated carbocycles. The van der Waals surface area contributed by atoms with Crippen molar-refractivity contribution in [3.05, 3.63) is 23.8 Å². The van der Waals surface area contributed by atoms with Crippen molar-refractivity contribution in [3.63, 3.8) is 0 Å². The topological polar surface area (TPSA) is 132 Å². The van der Waals surface area contributed by atoms with Crippen molar-refractivity contribution >= 4 is 32.4 Å². The first-order valence-corrected chi connectivity index (χ1v) is 9.27. The second-order valence-corrected chi connectivity index (χ2v) is 8.15. The first kappa shape index (κ1) is 17.6. The van der Waals surface area contributed by atoms with E-state index in [0.29, 0.717) is 6.42 Å². The summed E-state index contributed by atoms with van der Waals surface area (Å²) in [7, 11) is -4.79. The fourth-order valence-electron chi connectivity index (χ4n) is 1.59. The molecule has 1 rings (SSSR count). The molecule has 0 fully saturated rings. The van der Waals surface area contributed by atoms with Gasteiger partial charge in [-0.3, -0.25) is 9.00 Å². The normalized spacial score (nSPS) is 14.6. The molecule has 2 atom stereocenters. The molecule has 21 heavy (non-hydrogen) atoms. The second-order valence-electron chi connectivity index (χ2n) is 4.61. The molecule has 1 aromatic carbocycles. The fourth-order valence-corrected chi connectivity index (χ4v) is 3.20. The number of sulfonamides is 1. The van der Waals surface area contributed by atoms with Gasteiger partial charge in [0.1, 0.15) is 4.90 Å². The third-order valence-electron chi connectivity index (χ3n) is 2.99. The largest absolute Gasteiger partial charge is 0.398 e. The van der Waals surface area contributed by atoms with Crippen LogP contribution in [-0.2, 0) is 20.8 Å². The SMILES string of the molecule is CC(CCNS(=O)(=O)c1ccc(C(N)=O)cc1N)S(C)=O. The van der Waals surface area contributed by atoms with Crippen molar-refractivity contribution in [1.82, 2.24) is 4.72 Å². The molecule has 118 valence electrons. The van der Waals surface area contributed by atoms with E-state index in [1.165, 1.54) is 18.2 Å². The molecule has 1 amide bonds. The quantitative estimate of drug-likeness (QED) is 0.595. The smallest absolute Gasteiger partial charge is 0.248 e. The average molecular weight is 333 g/mol. The molecule has 0 aliphatic rings. The van der Waals surface area contributed by atoms with Gasteiger partial charge in [-0.15, -0.1) is 0 Å². The molecule has 0 radical (unpaired) electrons. The highest BCUT2D eigenvalue weighted by Gasteiger charge is 2.18. The highest BCUT2D eigenvalue weighted by Crippen LogP contribution is 2.19. The third kappa shape index (κ3) is 4.80. The van der Waals surface area contributed by atoms with E-state index >= 15 is 0 Å². The van der Waals surface area contributed by atoms with Crippen LogP contribution in [0.1, 0.15) is 23.7 Å². The van der Waals surface area contributed by atoms with Gasteiger partial charge in [0.05, 0.1) is 5.69 Å². The van der Waals surface area contributed by atoms with Crippen molar-refractivity contribution < 1.29 is 17.4 Å². The summed E-state index contributed by atoms with van der Waals surface area (Å²) in [6.07, 6.45) is 2.02. The first-order valence-electron chi connectivity index (χ1n) is 6.16. The fraction of sp³-hybridized carbons (Fsp3) is 0.417. The molecule has 0 aliphatic heterocycles. The zero-order valence-corrected chi connectivity index (χ0v) is 13.5. The Hall–Kier alpha value is -1.45. The number of hydrogen-bond donors (Lipinski definition) is 3. The Balaban J connectivity index is 2.84. The number of carbonyl (C=O) groups is 1. The summed E-state index contributed by atoms with van der Waals surface area (Å²) in [5, 5.41) is -0.109. The van der Waals surface area contributed by atoms with Crippen LogP contribution in [0.4, 0.5) is 5.69 Å². The van der Waals surface area contributed by atoms with Crippen molar-refractivity contribution in [2.45, 2.75) is 23.5 Å². The molecule has 0 saturated heterocycles. The Morgan fingerprint density at radius 1 is 1.43 bits per heavy atom. The van der Waals surface area contributed by atoms with Crippen LogP contribution in [0, 0.1) is 0 Å². The maximum absolute atomic E-state index is 12.1. The monoisotopic (exact) mass is 333 g/mol. The lowest BCUT2D eigenvalue weighted by molar-refractivity contribution is 0.1000. The van der Waals surface area contributed by atoms with Crippen LogP contribution < -0.4 is 16.2 Å². The van der Waals surface area contributed by atoms with E-state index in [9.17, 15) is 17.4 Å². The summed E-state index contributed by atoms with van der Waals surface area (Å²) in [6, 6.07) is 3.76. The van der Waals surface area contributed by atoms with Crippen LogP contribution in [0.25, 0.3) is 0 Å². The number of amides is 1. The lowest BCUT2D eigenvalue weighted by Crippen LogP contribution is -2.28. The van der Waals surface area contributed by atoms with Gasteiger partial charge in [0, 0.05) is 34.4 Å². The minimum absolute atomic E-state index is 0.0501. The van der Waals surface area contributed by atoms with E-state index < -0.39 is 26.7 Å². The Morgan fingerprint density at radius 2 is 2.05 bits per heavy atom. The van der Waals surface area contributed by atoms with Gasteiger partial charge >= 0.3 is 0 Å². The molecule has 2 unspecified atom stereocenters. The van der Waals surface area contributed by atoms with E-state index in [1.807, 2.05) is 0 Å². The zero-order chi connectivity index (χ0) is 16.2. The summed E-state index contributed by atoms with van der Waals surface area (Å²) in [5.41, 5.74) is 10.8. The molecule has 0 aromatic heterocycles. The molecule has 5 N–H and O–H groups in total. The van der Waals surface area contributed by atoms with E-state index in [2.05, 4.69) is 4.72 Å². The van der Waals surface area contributed by atoms with E-state index in [4.69, 9.17) is 11.5 Å². The summed E-state index contributed by atoms with van der Waals surface area (Å²) < 4.78 is 37.8. The Labute approximate surface area is 126 Å². The lowest BCUT2D eigenvalue weighted by Gasteiger charge is -2.11. The molecular weight excluding hydrogens is 314 g/mol. The third-order valence-corrected chi connectivity index (χ3v) is 5.90. The van der Waals surface area contributed by atoms with Crippen molar-refractivity contribution in [2.75, 3.05) is 18.5 Å². The number of primary amides is 1. The van der Waals surface area contributed by atoms with Gasteiger partial charge in [0.2, 0.25) is 15.9 Å². The number of nitrogen functional groups attached to an aromatic ring is 1. The molecule has 0 aliphatic carbocycles. The molecule has 7 nitrogen and oxygen atoms in total. The van der Waals surface area contributed by atoms with E-state index in [0.717, 1.165) is 0 Å². The van der Waals surface area contributed by atoms with Gasteiger partial charge in [-0.05, 0) is 24.6 Å². The maximum Gasteiger partial charge on any atom is 0.248 e. The number of carbonyl (C=O) groups excluding carboxylic acids is 1. The minimum atomic E-state index is -3.78. The number of benzene rings is 1. The van der Waals surface area contributed by atoms with E-state index in [-0.39, 0.29) is 27.9 Å². The Kier molecular flexibility index (Phi) is 5.87. The first-order chi connectivity index (χ1) is 9.65. The average Bonchev–Trinajstić information content (AvgIpc) is 2.37. The highest BCUT2D eigenvalue weighted by atomic mass is 32.2. The number of rotatable bonds is 7. The predicted molar refractivity (Wildman–Crippen MR) is 82.7 cm³/mol. The number of hydrogen-bond acceptors (Lipinski definition) is 5. The van der Waals surface area contributed by atoms with E-state index in [1.54, 1.807) is 13.2 Å². The van der Waals surface area contributed by atoms with Gasteiger partial charge in [-0.1, -0.05) is 6.92 Å². The lowest BCUT2D eigenvalue weighted by atomic mass is 10.2. The van der Waals surface area contributed by atoms with Crippen LogP contribution in [0.3, 0.4) is 0 Å². The van der Waals surface area contributed by atoms with Crippen LogP contribution in [0.2, 0.25) is 0 Å². The van der Waals surface area contributed by atoms with Crippen LogP contribution in [0.5, 0.6) is 0 Å². The summed E-state index contributed by atoms with van der Waals surface area (Å²) in [4.78, 5) is 10.9. The summed E-state index contributed by atoms with van der Waals surface area (Å²) >= 11 is 0. The summed E-state index contributed by atoms with van der Waals surface area (Å²) in [5.74, 6) is -0.683. The van der Waals surface area contributed by atoms with Gasteiger partial charge in [0.25, 0.3) is 0 Å². The number of nitrogens with one attached hydrogen (secondary N) is 1. The Morgan fingerprint density at radius 3 is 2.52 bits per heavy atom. The predicted octanol–water partition coefficient (Wildman–Crippen LogP) is -0.197. The second kappa shape index (κ2) is 7.01. The van der Waals surface area contributed by atoms with Crippen molar-refractivity contribution in [3.8, 4) is 0 Å². The van der Waals surface area contributed by atoms with Gasteiger partial charge in [0.15, 0.2) is 0 Å². The summed E-state index contributed by atoms with van der Waals surface area (Å²) in [6.45, 7) is 1.93. The molecule has 0 spiro atoms. The maximum atomic E-state index is 12.1. The molecule has 0 heterocycles. The Bertz CT molecular complexity index is 658. The highest BCUT2D eigenvalue weighted by molar-refractivity contribution is 7.89. The van der Waals surface area contributed by atoms with Gasteiger partial charge < -0.3 is 11.5 Å². The van der Waals surface area contributed by atoms with Crippen molar-refractivity contribution in [2.24, 2.45) is 5.73 Å². The number of nitrogens with two attached hydrogens (primary N) is 2. The number of anilines is 1. The molecule has 9 heteroatoms.